The molecular weight excluding hydrogens is 372 g/mol. The highest BCUT2D eigenvalue weighted by atomic mass is 32.2. The number of aromatic nitrogens is 4. The number of nitrogens with zero attached hydrogens (tertiary/aromatic N) is 4. The molecule has 142 valence electrons. The molecule has 0 saturated carbocycles. The van der Waals surface area contributed by atoms with Gasteiger partial charge in [-0.2, -0.15) is 0 Å². The van der Waals surface area contributed by atoms with E-state index in [1.165, 1.54) is 11.8 Å². The molecule has 0 aliphatic rings. The van der Waals surface area contributed by atoms with Crippen LogP contribution in [0.5, 0.6) is 0 Å². The zero-order chi connectivity index (χ0) is 19.5. The van der Waals surface area contributed by atoms with Crippen LogP contribution in [-0.2, 0) is 18.6 Å². The number of para-hydroxylation sites is 2. The molecule has 0 radical (unpaired) electrons. The van der Waals surface area contributed by atoms with Crippen LogP contribution in [0.4, 0.5) is 0 Å². The first-order valence-corrected chi connectivity index (χ1v) is 10.2. The van der Waals surface area contributed by atoms with Crippen molar-refractivity contribution in [3.05, 3.63) is 76.2 Å². The Morgan fingerprint density at radius 2 is 1.71 bits per heavy atom. The first-order chi connectivity index (χ1) is 13.7. The summed E-state index contributed by atoms with van der Waals surface area (Å²) in [7, 11) is 0. The summed E-state index contributed by atoms with van der Waals surface area (Å²) >= 11 is 1.42. The number of hydrogen-bond acceptors (Lipinski definition) is 6. The molecule has 2 aromatic heterocycles. The van der Waals surface area contributed by atoms with Gasteiger partial charge in [0.2, 0.25) is 11.8 Å². The lowest BCUT2D eigenvalue weighted by atomic mass is 10.1. The summed E-state index contributed by atoms with van der Waals surface area (Å²) in [6.45, 7) is 4.05. The van der Waals surface area contributed by atoms with Gasteiger partial charge in [0.25, 0.3) is 5.56 Å². The molecule has 0 aliphatic carbocycles. The van der Waals surface area contributed by atoms with Crippen LogP contribution in [0.2, 0.25) is 0 Å². The Bertz CT molecular complexity index is 1180. The Morgan fingerprint density at radius 3 is 2.50 bits per heavy atom. The Balaban J connectivity index is 1.84. The minimum absolute atomic E-state index is 0.0752. The largest absolute Gasteiger partial charge is 0.424 e. The molecule has 7 heteroatoms. The van der Waals surface area contributed by atoms with Crippen molar-refractivity contribution < 1.29 is 4.42 Å². The van der Waals surface area contributed by atoms with Gasteiger partial charge in [0.05, 0.1) is 22.3 Å². The monoisotopic (exact) mass is 392 g/mol. The second-order valence-electron chi connectivity index (χ2n) is 6.27. The average Bonchev–Trinajstić information content (AvgIpc) is 3.20. The zero-order valence-electron chi connectivity index (χ0n) is 15.8. The molecule has 0 N–H and O–H groups in total. The summed E-state index contributed by atoms with van der Waals surface area (Å²) in [6, 6.07) is 15.3. The van der Waals surface area contributed by atoms with Crippen LogP contribution in [0.15, 0.2) is 62.9 Å². The van der Waals surface area contributed by atoms with Crippen molar-refractivity contribution in [2.75, 3.05) is 0 Å². The minimum atomic E-state index is -0.0752. The predicted molar refractivity (Wildman–Crippen MR) is 110 cm³/mol. The topological polar surface area (TPSA) is 73.8 Å². The highest BCUT2D eigenvalue weighted by Gasteiger charge is 2.16. The van der Waals surface area contributed by atoms with Gasteiger partial charge < -0.3 is 4.42 Å². The maximum Gasteiger partial charge on any atom is 0.266 e. The zero-order valence-corrected chi connectivity index (χ0v) is 16.6. The van der Waals surface area contributed by atoms with E-state index in [1.54, 1.807) is 4.57 Å². The lowest BCUT2D eigenvalue weighted by Crippen LogP contribution is -2.22. The van der Waals surface area contributed by atoms with Crippen molar-refractivity contribution >= 4 is 22.7 Å². The lowest BCUT2D eigenvalue weighted by Gasteiger charge is -2.15. The number of thioether (sulfide) groups is 1. The molecule has 0 fully saturated rings. The summed E-state index contributed by atoms with van der Waals surface area (Å²) in [5.74, 6) is 1.59. The maximum atomic E-state index is 13.3. The van der Waals surface area contributed by atoms with Crippen molar-refractivity contribution in [3.8, 4) is 5.69 Å². The lowest BCUT2D eigenvalue weighted by molar-refractivity contribution is 0.469. The van der Waals surface area contributed by atoms with Gasteiger partial charge in [0.1, 0.15) is 0 Å². The van der Waals surface area contributed by atoms with E-state index in [9.17, 15) is 4.79 Å². The number of benzene rings is 2. The fourth-order valence-electron chi connectivity index (χ4n) is 3.07. The van der Waals surface area contributed by atoms with Crippen molar-refractivity contribution in [3.63, 3.8) is 0 Å². The molecule has 4 rings (SSSR count). The molecule has 6 nitrogen and oxygen atoms in total. The molecule has 0 atom stereocenters. The van der Waals surface area contributed by atoms with E-state index >= 15 is 0 Å². The standard InChI is InChI=1S/C21H20N4O2S/c1-3-14-9-5-8-12-17(14)25-20(26)15-10-6-7-11-16(15)22-21(25)28-13-19-24-23-18(4-2)27-19/h5-12H,3-4,13H2,1-2H3. The van der Waals surface area contributed by atoms with Gasteiger partial charge in [0, 0.05) is 6.42 Å². The number of rotatable bonds is 6. The first kappa shape index (κ1) is 18.4. The van der Waals surface area contributed by atoms with E-state index in [-0.39, 0.29) is 5.56 Å². The molecule has 0 bridgehead atoms. The first-order valence-electron chi connectivity index (χ1n) is 9.25. The molecule has 0 spiro atoms. The van der Waals surface area contributed by atoms with Crippen molar-refractivity contribution in [2.45, 2.75) is 37.6 Å². The number of fused-ring (bicyclic) bond motifs is 1. The summed E-state index contributed by atoms with van der Waals surface area (Å²) in [5, 5.41) is 9.29. The number of aryl methyl sites for hydroxylation is 2. The highest BCUT2D eigenvalue weighted by Crippen LogP contribution is 2.26. The second-order valence-corrected chi connectivity index (χ2v) is 7.21. The van der Waals surface area contributed by atoms with Crippen LogP contribution < -0.4 is 5.56 Å². The van der Waals surface area contributed by atoms with Crippen LogP contribution in [0.1, 0.15) is 31.2 Å². The molecule has 0 aliphatic heterocycles. The summed E-state index contributed by atoms with van der Waals surface area (Å²) in [4.78, 5) is 18.1. The Kier molecular flexibility index (Phi) is 5.25. The second kappa shape index (κ2) is 7.98. The van der Waals surface area contributed by atoms with E-state index < -0.39 is 0 Å². The van der Waals surface area contributed by atoms with Gasteiger partial charge >= 0.3 is 0 Å². The van der Waals surface area contributed by atoms with Gasteiger partial charge in [-0.05, 0) is 30.2 Å². The molecule has 0 unspecified atom stereocenters. The third kappa shape index (κ3) is 3.45. The summed E-state index contributed by atoms with van der Waals surface area (Å²) in [6.07, 6.45) is 1.52. The van der Waals surface area contributed by atoms with Crippen molar-refractivity contribution in [1.82, 2.24) is 19.7 Å². The minimum Gasteiger partial charge on any atom is -0.424 e. The summed E-state index contributed by atoms with van der Waals surface area (Å²) in [5.41, 5.74) is 2.55. The van der Waals surface area contributed by atoms with Crippen LogP contribution in [-0.4, -0.2) is 19.7 Å². The Morgan fingerprint density at radius 1 is 0.964 bits per heavy atom. The molecular formula is C21H20N4O2S. The molecule has 0 amide bonds. The van der Waals surface area contributed by atoms with Crippen LogP contribution in [0, 0.1) is 0 Å². The molecule has 0 saturated heterocycles. The van der Waals surface area contributed by atoms with Crippen LogP contribution in [0.3, 0.4) is 0 Å². The van der Waals surface area contributed by atoms with E-state index in [2.05, 4.69) is 17.1 Å². The molecule has 28 heavy (non-hydrogen) atoms. The Hall–Kier alpha value is -2.93. The van der Waals surface area contributed by atoms with Crippen molar-refractivity contribution in [2.24, 2.45) is 0 Å². The highest BCUT2D eigenvalue weighted by molar-refractivity contribution is 7.98. The fourth-order valence-corrected chi connectivity index (χ4v) is 3.91. The quantitative estimate of drug-likeness (QED) is 0.362. The normalized spacial score (nSPS) is 11.2. The van der Waals surface area contributed by atoms with E-state index in [4.69, 9.17) is 9.40 Å². The van der Waals surface area contributed by atoms with Gasteiger partial charge in [-0.25, -0.2) is 4.98 Å². The molecule has 2 aromatic carbocycles. The van der Waals surface area contributed by atoms with Crippen LogP contribution >= 0.6 is 11.8 Å². The molecule has 4 aromatic rings. The van der Waals surface area contributed by atoms with Gasteiger partial charge in [-0.1, -0.05) is 55.9 Å². The maximum absolute atomic E-state index is 13.3. The van der Waals surface area contributed by atoms with E-state index in [0.29, 0.717) is 40.0 Å². The third-order valence-electron chi connectivity index (χ3n) is 4.49. The SMILES string of the molecule is CCc1nnc(CSc2nc3ccccc3c(=O)n2-c2ccccc2CC)o1. The third-order valence-corrected chi connectivity index (χ3v) is 5.42. The predicted octanol–water partition coefficient (Wildman–Crippen LogP) is 4.19. The smallest absolute Gasteiger partial charge is 0.266 e. The Labute approximate surface area is 166 Å². The van der Waals surface area contributed by atoms with Crippen LogP contribution in [0.25, 0.3) is 16.6 Å². The van der Waals surface area contributed by atoms with Crippen molar-refractivity contribution in [1.29, 1.82) is 0 Å². The molecule has 2 heterocycles. The summed E-state index contributed by atoms with van der Waals surface area (Å²) < 4.78 is 7.30. The van der Waals surface area contributed by atoms with E-state index in [1.807, 2.05) is 55.5 Å². The number of hydrogen-bond donors (Lipinski definition) is 0. The van der Waals surface area contributed by atoms with Gasteiger partial charge in [-0.15, -0.1) is 10.2 Å². The van der Waals surface area contributed by atoms with Gasteiger partial charge in [-0.3, -0.25) is 9.36 Å². The van der Waals surface area contributed by atoms with Gasteiger partial charge in [0.15, 0.2) is 5.16 Å². The average molecular weight is 392 g/mol. The van der Waals surface area contributed by atoms with E-state index in [0.717, 1.165) is 17.7 Å². The fraction of sp³-hybridized carbons (Fsp3) is 0.238.